The Morgan fingerprint density at radius 3 is 2.68 bits per heavy atom. The molecule has 120 valence electrons. The van der Waals surface area contributed by atoms with E-state index in [0.717, 1.165) is 11.0 Å². The molecule has 1 N–H and O–H groups in total. The van der Waals surface area contributed by atoms with Crippen LogP contribution in [0, 0.1) is 0 Å². The molecule has 0 saturated carbocycles. The first-order valence-corrected chi connectivity index (χ1v) is 9.05. The average molecular weight is 363 g/mol. The van der Waals surface area contributed by atoms with Crippen LogP contribution in [0.3, 0.4) is 0 Å². The molecule has 22 heavy (non-hydrogen) atoms. The average Bonchev–Trinajstić information content (AvgIpc) is 2.72. The smallest absolute Gasteiger partial charge is 0.234 e. The summed E-state index contributed by atoms with van der Waals surface area (Å²) in [5.74, 6) is -0.302. The molecule has 1 aromatic carbocycles. The van der Waals surface area contributed by atoms with Gasteiger partial charge in [0, 0.05) is 12.0 Å². The first kappa shape index (κ1) is 17.3. The van der Waals surface area contributed by atoms with E-state index in [-0.39, 0.29) is 18.2 Å². The molecule has 1 atom stereocenters. The quantitative estimate of drug-likeness (QED) is 0.867. The molecule has 1 amide bonds. The molecule has 1 aromatic rings. The van der Waals surface area contributed by atoms with Gasteiger partial charge in [0.05, 0.1) is 28.4 Å². The van der Waals surface area contributed by atoms with E-state index in [9.17, 15) is 13.2 Å². The van der Waals surface area contributed by atoms with Crippen LogP contribution in [0.5, 0.6) is 0 Å². The van der Waals surface area contributed by atoms with Crippen molar-refractivity contribution in [3.8, 4) is 0 Å². The molecule has 0 aromatic heterocycles. The maximum absolute atomic E-state index is 11.9. The largest absolute Gasteiger partial charge is 0.348 e. The first-order valence-electron chi connectivity index (χ1n) is 6.58. The molecular weight excluding hydrogens is 347 g/mol. The fourth-order valence-corrected chi connectivity index (χ4v) is 3.72. The number of rotatable bonds is 5. The van der Waals surface area contributed by atoms with E-state index < -0.39 is 15.9 Å². The Morgan fingerprint density at radius 1 is 1.36 bits per heavy atom. The van der Waals surface area contributed by atoms with Gasteiger partial charge in [-0.1, -0.05) is 29.3 Å². The molecule has 5 nitrogen and oxygen atoms in total. The van der Waals surface area contributed by atoms with Crippen molar-refractivity contribution in [2.45, 2.75) is 12.6 Å². The van der Waals surface area contributed by atoms with Crippen LogP contribution >= 0.6 is 23.2 Å². The van der Waals surface area contributed by atoms with E-state index >= 15 is 0 Å². The maximum Gasteiger partial charge on any atom is 0.234 e. The van der Waals surface area contributed by atoms with Gasteiger partial charge in [-0.2, -0.15) is 0 Å². The van der Waals surface area contributed by atoms with Crippen LogP contribution in [-0.2, 0) is 21.2 Å². The second kappa shape index (κ2) is 7.00. The van der Waals surface area contributed by atoms with Crippen LogP contribution in [0.15, 0.2) is 29.7 Å². The van der Waals surface area contributed by atoms with Gasteiger partial charge in [-0.15, -0.1) is 0 Å². The molecule has 0 unspecified atom stereocenters. The summed E-state index contributed by atoms with van der Waals surface area (Å²) < 4.78 is 22.5. The minimum Gasteiger partial charge on any atom is -0.348 e. The summed E-state index contributed by atoms with van der Waals surface area (Å²) >= 11 is 11.8. The van der Waals surface area contributed by atoms with Gasteiger partial charge in [-0.05, 0) is 30.8 Å². The molecule has 1 heterocycles. The molecule has 0 fully saturated rings. The number of hydrogen-bond donors (Lipinski definition) is 1. The number of likely N-dealkylation sites (N-methyl/N-ethyl adjacent to an activating group) is 1. The van der Waals surface area contributed by atoms with Gasteiger partial charge < -0.3 is 5.32 Å². The highest BCUT2D eigenvalue weighted by Crippen LogP contribution is 2.23. The summed E-state index contributed by atoms with van der Waals surface area (Å²) in [7, 11) is -1.37. The second-order valence-electron chi connectivity index (χ2n) is 5.25. The Labute approximate surface area is 139 Å². The van der Waals surface area contributed by atoms with Gasteiger partial charge in [0.25, 0.3) is 0 Å². The molecule has 0 radical (unpaired) electrons. The molecule has 0 spiro atoms. The van der Waals surface area contributed by atoms with Crippen molar-refractivity contribution in [3.05, 3.63) is 45.3 Å². The lowest BCUT2D eigenvalue weighted by Gasteiger charge is -2.18. The third-order valence-corrected chi connectivity index (χ3v) is 5.26. The number of halogens is 2. The third kappa shape index (κ3) is 4.98. The number of carbonyl (C=O) groups excluding carboxylic acids is 1. The summed E-state index contributed by atoms with van der Waals surface area (Å²) in [6.45, 7) is 0.688. The van der Waals surface area contributed by atoms with Crippen molar-refractivity contribution >= 4 is 38.9 Å². The molecule has 1 aliphatic heterocycles. The van der Waals surface area contributed by atoms with Gasteiger partial charge in [0.15, 0.2) is 9.84 Å². The fraction of sp³-hybridized carbons (Fsp3) is 0.357. The monoisotopic (exact) mass is 362 g/mol. The van der Waals surface area contributed by atoms with Gasteiger partial charge in [0.2, 0.25) is 5.91 Å². The lowest BCUT2D eigenvalue weighted by molar-refractivity contribution is -0.122. The van der Waals surface area contributed by atoms with Gasteiger partial charge in [0.1, 0.15) is 0 Å². The molecule has 0 bridgehead atoms. The zero-order valence-corrected chi connectivity index (χ0v) is 14.2. The summed E-state index contributed by atoms with van der Waals surface area (Å²) in [5, 5.41) is 4.77. The van der Waals surface area contributed by atoms with Crippen LogP contribution in [0.25, 0.3) is 0 Å². The number of amides is 1. The van der Waals surface area contributed by atoms with Crippen LogP contribution in [0.4, 0.5) is 0 Å². The van der Waals surface area contributed by atoms with Crippen molar-refractivity contribution < 1.29 is 13.2 Å². The number of benzene rings is 1. The Balaban J connectivity index is 1.84. The van der Waals surface area contributed by atoms with E-state index in [0.29, 0.717) is 16.6 Å². The van der Waals surface area contributed by atoms with Crippen LogP contribution < -0.4 is 5.32 Å². The summed E-state index contributed by atoms with van der Waals surface area (Å²) in [6.07, 6.45) is 1.49. The van der Waals surface area contributed by atoms with Gasteiger partial charge in [-0.3, -0.25) is 9.69 Å². The fourth-order valence-electron chi connectivity index (χ4n) is 2.17. The Morgan fingerprint density at radius 2 is 2.09 bits per heavy atom. The topological polar surface area (TPSA) is 66.5 Å². The predicted molar refractivity (Wildman–Crippen MR) is 87.7 cm³/mol. The number of hydrogen-bond acceptors (Lipinski definition) is 4. The van der Waals surface area contributed by atoms with Crippen molar-refractivity contribution in [2.24, 2.45) is 0 Å². The Hall–Kier alpha value is -1.08. The van der Waals surface area contributed by atoms with E-state index in [4.69, 9.17) is 23.2 Å². The molecule has 8 heteroatoms. The second-order valence-corrected chi connectivity index (χ2v) is 8.00. The number of nitrogens with one attached hydrogen (secondary N) is 1. The van der Waals surface area contributed by atoms with Crippen LogP contribution in [0.2, 0.25) is 10.0 Å². The SMILES string of the molecule is CN(CC(=O)N[C@@H]1C=CS(=O)(=O)C1)Cc1ccc(Cl)c(Cl)c1. The lowest BCUT2D eigenvalue weighted by atomic mass is 10.2. The predicted octanol–water partition coefficient (Wildman–Crippen LogP) is 1.85. The number of sulfone groups is 1. The normalized spacial score (nSPS) is 19.5. The third-order valence-electron chi connectivity index (χ3n) is 3.13. The van der Waals surface area contributed by atoms with E-state index in [1.807, 2.05) is 11.0 Å². The zero-order valence-electron chi connectivity index (χ0n) is 11.9. The standard InChI is InChI=1S/C14H16Cl2N2O3S/c1-18(7-10-2-3-12(15)13(16)6-10)8-14(19)17-11-4-5-22(20,21)9-11/h2-6,11H,7-9H2,1H3,(H,17,19)/t11-/m1/s1. The highest BCUT2D eigenvalue weighted by atomic mass is 35.5. The lowest BCUT2D eigenvalue weighted by Crippen LogP contribution is -2.41. The molecule has 0 aliphatic carbocycles. The Kier molecular flexibility index (Phi) is 5.50. The van der Waals surface area contributed by atoms with E-state index in [2.05, 4.69) is 5.32 Å². The van der Waals surface area contributed by atoms with Crippen LogP contribution in [-0.4, -0.2) is 44.6 Å². The van der Waals surface area contributed by atoms with Crippen molar-refractivity contribution in [1.29, 1.82) is 0 Å². The summed E-state index contributed by atoms with van der Waals surface area (Å²) in [6, 6.07) is 4.86. The Bertz CT molecular complexity index is 704. The highest BCUT2D eigenvalue weighted by Gasteiger charge is 2.23. The van der Waals surface area contributed by atoms with Crippen LogP contribution in [0.1, 0.15) is 5.56 Å². The van der Waals surface area contributed by atoms with Crippen molar-refractivity contribution in [3.63, 3.8) is 0 Å². The minimum absolute atomic E-state index is 0.0742. The molecule has 1 aliphatic rings. The summed E-state index contributed by atoms with van der Waals surface area (Å²) in [4.78, 5) is 13.7. The maximum atomic E-state index is 11.9. The first-order chi connectivity index (χ1) is 10.2. The van der Waals surface area contributed by atoms with E-state index in [1.165, 1.54) is 6.08 Å². The molecule has 0 saturated heterocycles. The molecule has 2 rings (SSSR count). The van der Waals surface area contributed by atoms with Crippen molar-refractivity contribution in [1.82, 2.24) is 10.2 Å². The summed E-state index contributed by atoms with van der Waals surface area (Å²) in [5.41, 5.74) is 0.938. The zero-order chi connectivity index (χ0) is 16.3. The highest BCUT2D eigenvalue weighted by molar-refractivity contribution is 7.94. The van der Waals surface area contributed by atoms with Crippen molar-refractivity contribution in [2.75, 3.05) is 19.3 Å². The number of nitrogens with zero attached hydrogens (tertiary/aromatic N) is 1. The van der Waals surface area contributed by atoms with Gasteiger partial charge in [-0.25, -0.2) is 8.42 Å². The van der Waals surface area contributed by atoms with Gasteiger partial charge >= 0.3 is 0 Å². The minimum atomic E-state index is -3.16. The van der Waals surface area contributed by atoms with E-state index in [1.54, 1.807) is 19.2 Å². The molecular formula is C14H16Cl2N2O3S. The number of carbonyl (C=O) groups is 1.